The fourth-order valence-electron chi connectivity index (χ4n) is 1.57. The van der Waals surface area contributed by atoms with Crippen molar-refractivity contribution in [2.75, 3.05) is 7.11 Å². The van der Waals surface area contributed by atoms with Crippen LogP contribution >= 0.6 is 11.6 Å². The van der Waals surface area contributed by atoms with Gasteiger partial charge >= 0.3 is 0 Å². The van der Waals surface area contributed by atoms with Gasteiger partial charge in [0.1, 0.15) is 5.02 Å². The highest BCUT2D eigenvalue weighted by Crippen LogP contribution is 2.31. The molecule has 1 aromatic rings. The molecule has 1 aromatic heterocycles. The third kappa shape index (κ3) is 1.28. The van der Waals surface area contributed by atoms with Crippen molar-refractivity contribution in [3.05, 3.63) is 21.8 Å². The van der Waals surface area contributed by atoms with Crippen LogP contribution in [0.15, 0.2) is 0 Å². The number of nitrogens with one attached hydrogen (secondary N) is 1. The van der Waals surface area contributed by atoms with E-state index in [0.29, 0.717) is 10.9 Å². The van der Waals surface area contributed by atoms with E-state index >= 15 is 0 Å². The first-order valence-electron chi connectivity index (χ1n) is 4.16. The van der Waals surface area contributed by atoms with Gasteiger partial charge in [0.15, 0.2) is 0 Å². The van der Waals surface area contributed by atoms with E-state index in [-0.39, 0.29) is 0 Å². The maximum atomic E-state index is 6.06. The average molecular weight is 199 g/mol. The number of pyridine rings is 1. The summed E-state index contributed by atoms with van der Waals surface area (Å²) in [5.74, 6) is 0.529. The molecule has 0 spiro atoms. The monoisotopic (exact) mass is 198 g/mol. The molecule has 0 unspecified atom stereocenters. The quantitative estimate of drug-likeness (QED) is 0.745. The van der Waals surface area contributed by atoms with Crippen LogP contribution in [0.3, 0.4) is 0 Å². The van der Waals surface area contributed by atoms with Gasteiger partial charge in [-0.15, -0.1) is 0 Å². The first kappa shape index (κ1) is 8.78. The Morgan fingerprint density at radius 2 is 2.23 bits per heavy atom. The second kappa shape index (κ2) is 3.16. The first-order valence-corrected chi connectivity index (χ1v) is 4.54. The van der Waals surface area contributed by atoms with E-state index < -0.39 is 0 Å². The van der Waals surface area contributed by atoms with Crippen LogP contribution in [0.5, 0.6) is 5.88 Å². The molecular weight excluding hydrogens is 188 g/mol. The van der Waals surface area contributed by atoms with Crippen LogP contribution in [0.4, 0.5) is 0 Å². The van der Waals surface area contributed by atoms with Crippen LogP contribution in [-0.4, -0.2) is 12.1 Å². The SMILES string of the molecule is COc1nc2c(c(C)c1Cl)CNC2. The number of aromatic nitrogens is 1. The molecule has 0 saturated carbocycles. The summed E-state index contributed by atoms with van der Waals surface area (Å²) < 4.78 is 5.08. The van der Waals surface area contributed by atoms with E-state index in [1.54, 1.807) is 7.11 Å². The van der Waals surface area contributed by atoms with Crippen molar-refractivity contribution < 1.29 is 4.74 Å². The Hall–Kier alpha value is -0.800. The lowest BCUT2D eigenvalue weighted by Crippen LogP contribution is -2.00. The van der Waals surface area contributed by atoms with Crippen molar-refractivity contribution in [1.29, 1.82) is 0 Å². The molecule has 0 atom stereocenters. The summed E-state index contributed by atoms with van der Waals surface area (Å²) in [5.41, 5.74) is 3.35. The highest BCUT2D eigenvalue weighted by Gasteiger charge is 2.19. The molecule has 4 heteroatoms. The van der Waals surface area contributed by atoms with Crippen LogP contribution in [0.1, 0.15) is 16.8 Å². The topological polar surface area (TPSA) is 34.1 Å². The number of halogens is 1. The van der Waals surface area contributed by atoms with E-state index in [0.717, 1.165) is 24.3 Å². The molecule has 0 saturated heterocycles. The number of hydrogen-bond donors (Lipinski definition) is 1. The molecule has 0 aliphatic carbocycles. The fourth-order valence-corrected chi connectivity index (χ4v) is 1.80. The van der Waals surface area contributed by atoms with Gasteiger partial charge in [-0.3, -0.25) is 0 Å². The minimum atomic E-state index is 0.529. The molecule has 1 N–H and O–H groups in total. The molecule has 0 bridgehead atoms. The minimum Gasteiger partial charge on any atom is -0.480 e. The van der Waals surface area contributed by atoms with Crippen LogP contribution in [0.25, 0.3) is 0 Å². The summed E-state index contributed by atoms with van der Waals surface area (Å²) in [6.07, 6.45) is 0. The summed E-state index contributed by atoms with van der Waals surface area (Å²) in [6, 6.07) is 0. The Bertz CT molecular complexity index is 351. The Kier molecular flexibility index (Phi) is 2.14. The van der Waals surface area contributed by atoms with E-state index in [9.17, 15) is 0 Å². The van der Waals surface area contributed by atoms with Crippen molar-refractivity contribution in [2.45, 2.75) is 20.0 Å². The van der Waals surface area contributed by atoms with Crippen molar-refractivity contribution in [3.8, 4) is 5.88 Å². The van der Waals surface area contributed by atoms with Crippen LogP contribution in [0, 0.1) is 6.92 Å². The zero-order valence-electron chi connectivity index (χ0n) is 7.65. The summed E-state index contributed by atoms with van der Waals surface area (Å²) in [7, 11) is 1.59. The predicted octanol–water partition coefficient (Wildman–Crippen LogP) is 1.66. The van der Waals surface area contributed by atoms with E-state index in [4.69, 9.17) is 16.3 Å². The number of rotatable bonds is 1. The van der Waals surface area contributed by atoms with Crippen molar-refractivity contribution in [3.63, 3.8) is 0 Å². The minimum absolute atomic E-state index is 0.529. The highest BCUT2D eigenvalue weighted by atomic mass is 35.5. The third-order valence-electron chi connectivity index (χ3n) is 2.34. The van der Waals surface area contributed by atoms with Gasteiger partial charge in [-0.25, -0.2) is 4.98 Å². The molecule has 2 rings (SSSR count). The molecule has 13 heavy (non-hydrogen) atoms. The zero-order valence-corrected chi connectivity index (χ0v) is 8.40. The Labute approximate surface area is 82.1 Å². The van der Waals surface area contributed by atoms with Gasteiger partial charge in [-0.1, -0.05) is 11.6 Å². The first-order chi connectivity index (χ1) is 6.24. The van der Waals surface area contributed by atoms with Gasteiger partial charge in [-0.2, -0.15) is 0 Å². The molecule has 0 amide bonds. The zero-order chi connectivity index (χ0) is 9.42. The predicted molar refractivity (Wildman–Crippen MR) is 51.1 cm³/mol. The Balaban J connectivity index is 2.61. The van der Waals surface area contributed by atoms with E-state index in [1.807, 2.05) is 6.92 Å². The number of nitrogens with zero attached hydrogens (tertiary/aromatic N) is 1. The fraction of sp³-hybridized carbons (Fsp3) is 0.444. The molecule has 2 heterocycles. The molecule has 0 aromatic carbocycles. The summed E-state index contributed by atoms with van der Waals surface area (Å²) >= 11 is 6.06. The van der Waals surface area contributed by atoms with Crippen molar-refractivity contribution in [1.82, 2.24) is 10.3 Å². The van der Waals surface area contributed by atoms with E-state index in [2.05, 4.69) is 10.3 Å². The molecule has 1 aliphatic heterocycles. The maximum Gasteiger partial charge on any atom is 0.232 e. The average Bonchev–Trinajstić information content (AvgIpc) is 2.59. The number of methoxy groups -OCH3 is 1. The maximum absolute atomic E-state index is 6.06. The molecule has 0 fully saturated rings. The largest absolute Gasteiger partial charge is 0.480 e. The normalized spacial score (nSPS) is 14.4. The molecule has 70 valence electrons. The second-order valence-electron chi connectivity index (χ2n) is 3.09. The summed E-state index contributed by atoms with van der Waals surface area (Å²) in [5, 5.41) is 3.86. The van der Waals surface area contributed by atoms with Gasteiger partial charge < -0.3 is 10.1 Å². The number of ether oxygens (including phenoxy) is 1. The Morgan fingerprint density at radius 1 is 1.46 bits per heavy atom. The van der Waals surface area contributed by atoms with Crippen molar-refractivity contribution in [2.24, 2.45) is 0 Å². The van der Waals surface area contributed by atoms with Gasteiger partial charge in [0.2, 0.25) is 5.88 Å². The van der Waals surface area contributed by atoms with Gasteiger partial charge in [0.25, 0.3) is 0 Å². The lowest BCUT2D eigenvalue weighted by Gasteiger charge is -2.08. The summed E-state index contributed by atoms with van der Waals surface area (Å²) in [4.78, 5) is 4.32. The van der Waals surface area contributed by atoms with Gasteiger partial charge in [-0.05, 0) is 18.1 Å². The standard InChI is InChI=1S/C9H11ClN2O/c1-5-6-3-11-4-7(6)12-9(13-2)8(5)10/h11H,3-4H2,1-2H3. The van der Waals surface area contributed by atoms with Crippen LogP contribution in [-0.2, 0) is 13.1 Å². The molecule has 3 nitrogen and oxygen atoms in total. The van der Waals surface area contributed by atoms with E-state index in [1.165, 1.54) is 5.56 Å². The van der Waals surface area contributed by atoms with Gasteiger partial charge in [0, 0.05) is 13.1 Å². The lowest BCUT2D eigenvalue weighted by molar-refractivity contribution is 0.396. The third-order valence-corrected chi connectivity index (χ3v) is 2.79. The second-order valence-corrected chi connectivity index (χ2v) is 3.47. The Morgan fingerprint density at radius 3 is 2.92 bits per heavy atom. The number of hydrogen-bond acceptors (Lipinski definition) is 3. The summed E-state index contributed by atoms with van der Waals surface area (Å²) in [6.45, 7) is 3.67. The molecule has 1 aliphatic rings. The van der Waals surface area contributed by atoms with Crippen molar-refractivity contribution >= 4 is 11.6 Å². The van der Waals surface area contributed by atoms with Crippen LogP contribution < -0.4 is 10.1 Å². The van der Waals surface area contributed by atoms with Gasteiger partial charge in [0.05, 0.1) is 12.8 Å². The number of fused-ring (bicyclic) bond motifs is 1. The lowest BCUT2D eigenvalue weighted by atomic mass is 10.1. The molecule has 0 radical (unpaired) electrons. The van der Waals surface area contributed by atoms with Crippen LogP contribution in [0.2, 0.25) is 5.02 Å². The highest BCUT2D eigenvalue weighted by molar-refractivity contribution is 6.32. The smallest absolute Gasteiger partial charge is 0.232 e. The molecular formula is C9H11ClN2O.